The molecular formula is C58H99NO8. The number of ether oxygens (including phenoxy) is 2. The van der Waals surface area contributed by atoms with E-state index in [2.05, 4.69) is 104 Å². The van der Waals surface area contributed by atoms with E-state index in [4.69, 9.17) is 9.47 Å². The Morgan fingerprint density at radius 1 is 0.522 bits per heavy atom. The van der Waals surface area contributed by atoms with Crippen molar-refractivity contribution in [2.45, 2.75) is 249 Å². The number of hydrogen-bond acceptors (Lipinski definition) is 8. The first kappa shape index (κ1) is 62.1. The van der Waals surface area contributed by atoms with Crippen LogP contribution in [0.2, 0.25) is 0 Å². The molecule has 1 fully saturated rings. The Balaban J connectivity index is 1.99. The van der Waals surface area contributed by atoms with E-state index in [9.17, 15) is 30.3 Å². The molecule has 7 atom stereocenters. The Morgan fingerprint density at radius 3 is 1.37 bits per heavy atom. The predicted molar refractivity (Wildman–Crippen MR) is 281 cm³/mol. The molecule has 0 aliphatic carbocycles. The second kappa shape index (κ2) is 46.8. The molecule has 7 unspecified atom stereocenters. The smallest absolute Gasteiger partial charge is 0.220 e. The molecule has 0 radical (unpaired) electrons. The lowest BCUT2D eigenvalue weighted by molar-refractivity contribution is -0.302. The summed E-state index contributed by atoms with van der Waals surface area (Å²) in [6.07, 6.45) is 61.2. The molecule has 1 rings (SSSR count). The quantitative estimate of drug-likeness (QED) is 0.0261. The molecule has 0 spiro atoms. The maximum Gasteiger partial charge on any atom is 0.220 e. The van der Waals surface area contributed by atoms with E-state index in [0.717, 1.165) is 89.9 Å². The van der Waals surface area contributed by atoms with Gasteiger partial charge in [-0.05, 0) is 77.0 Å². The predicted octanol–water partition coefficient (Wildman–Crippen LogP) is 12.8. The van der Waals surface area contributed by atoms with Gasteiger partial charge in [-0.1, -0.05) is 220 Å². The highest BCUT2D eigenvalue weighted by Gasteiger charge is 2.44. The summed E-state index contributed by atoms with van der Waals surface area (Å²) in [7, 11) is 0. The highest BCUT2D eigenvalue weighted by Crippen LogP contribution is 2.23. The monoisotopic (exact) mass is 938 g/mol. The molecule has 384 valence electrons. The van der Waals surface area contributed by atoms with Crippen molar-refractivity contribution in [3.05, 3.63) is 97.2 Å². The molecule has 1 amide bonds. The summed E-state index contributed by atoms with van der Waals surface area (Å²) in [4.78, 5) is 12.9. The van der Waals surface area contributed by atoms with Crippen LogP contribution in [-0.4, -0.2) is 87.5 Å². The number of aliphatic hydroxyl groups is 5. The molecule has 9 nitrogen and oxygen atoms in total. The maximum absolute atomic E-state index is 12.9. The van der Waals surface area contributed by atoms with Gasteiger partial charge in [0.1, 0.15) is 24.4 Å². The number of allylic oxidation sites excluding steroid dienone is 15. The zero-order valence-electron chi connectivity index (χ0n) is 42.4. The van der Waals surface area contributed by atoms with Crippen LogP contribution in [0.25, 0.3) is 0 Å². The minimum Gasteiger partial charge on any atom is -0.394 e. The minimum absolute atomic E-state index is 0.187. The van der Waals surface area contributed by atoms with Gasteiger partial charge >= 0.3 is 0 Å². The third kappa shape index (κ3) is 36.7. The molecule has 0 bridgehead atoms. The third-order valence-corrected chi connectivity index (χ3v) is 12.2. The van der Waals surface area contributed by atoms with Crippen molar-refractivity contribution >= 4 is 5.91 Å². The van der Waals surface area contributed by atoms with Gasteiger partial charge in [0.2, 0.25) is 5.91 Å². The first-order chi connectivity index (χ1) is 32.8. The van der Waals surface area contributed by atoms with E-state index < -0.39 is 49.5 Å². The zero-order valence-corrected chi connectivity index (χ0v) is 42.4. The first-order valence-corrected chi connectivity index (χ1v) is 27.0. The maximum atomic E-state index is 12.9. The van der Waals surface area contributed by atoms with E-state index in [0.29, 0.717) is 6.42 Å². The number of rotatable bonds is 44. The molecule has 1 aliphatic rings. The second-order valence-electron chi connectivity index (χ2n) is 18.3. The van der Waals surface area contributed by atoms with Crippen LogP contribution in [0, 0.1) is 0 Å². The average Bonchev–Trinajstić information content (AvgIpc) is 3.33. The standard InChI is InChI=1S/C58H99NO8/c1-3-5-7-9-10-11-12-13-14-15-16-17-18-19-20-21-22-23-24-25-26-27-28-29-30-31-32-33-34-35-36-37-38-39-40-41-42-44-46-48-54(62)59-51(52(61)47-45-43-8-6-4-2)50-66-58-57(65)56(64)55(63)53(49-60)67-58/h5,7,10-11,13-14,16-17,19-20,22-23,25-26,45,47,51-53,55-58,60-61,63-65H,3-4,6,8-9,12,15,18,21,24,27-44,46,48-50H2,1-2H3,(H,59,62)/b7-5-,11-10-,14-13-,17-16-,20-19-,23-22-,26-25-,47-45+. The third-order valence-electron chi connectivity index (χ3n) is 12.2. The molecule has 0 saturated carbocycles. The Kier molecular flexibility index (Phi) is 43.4. The molecule has 6 N–H and O–H groups in total. The fraction of sp³-hybridized carbons (Fsp3) is 0.707. The van der Waals surface area contributed by atoms with Crippen molar-refractivity contribution < 1.29 is 39.8 Å². The van der Waals surface area contributed by atoms with Gasteiger partial charge in [0.05, 0.1) is 25.4 Å². The number of carbonyl (C=O) groups excluding carboxylic acids is 1. The van der Waals surface area contributed by atoms with Gasteiger partial charge < -0.3 is 40.3 Å². The Morgan fingerprint density at radius 2 is 0.925 bits per heavy atom. The summed E-state index contributed by atoms with van der Waals surface area (Å²) < 4.78 is 11.1. The van der Waals surface area contributed by atoms with Gasteiger partial charge in [-0.2, -0.15) is 0 Å². The van der Waals surface area contributed by atoms with E-state index in [1.54, 1.807) is 6.08 Å². The molecule has 67 heavy (non-hydrogen) atoms. The fourth-order valence-electron chi connectivity index (χ4n) is 7.90. The fourth-order valence-corrected chi connectivity index (χ4v) is 7.90. The normalized spacial score (nSPS) is 20.5. The van der Waals surface area contributed by atoms with Crippen molar-refractivity contribution in [2.24, 2.45) is 0 Å². The van der Waals surface area contributed by atoms with Gasteiger partial charge in [0.15, 0.2) is 6.29 Å². The Bertz CT molecular complexity index is 1370. The van der Waals surface area contributed by atoms with Gasteiger partial charge in [-0.25, -0.2) is 0 Å². The lowest BCUT2D eigenvalue weighted by atomic mass is 9.99. The van der Waals surface area contributed by atoms with Crippen LogP contribution in [-0.2, 0) is 14.3 Å². The van der Waals surface area contributed by atoms with Crippen molar-refractivity contribution in [3.63, 3.8) is 0 Å². The molecule has 1 aliphatic heterocycles. The highest BCUT2D eigenvalue weighted by atomic mass is 16.7. The molecule has 9 heteroatoms. The number of unbranched alkanes of at least 4 members (excludes halogenated alkanes) is 20. The van der Waals surface area contributed by atoms with E-state index >= 15 is 0 Å². The van der Waals surface area contributed by atoms with Gasteiger partial charge in [-0.3, -0.25) is 4.79 Å². The summed E-state index contributed by atoms with van der Waals surface area (Å²) in [6.45, 7) is 3.53. The lowest BCUT2D eigenvalue weighted by Gasteiger charge is -2.40. The summed E-state index contributed by atoms with van der Waals surface area (Å²) in [5, 5.41) is 53.8. The molecule has 1 heterocycles. The number of hydrogen-bond donors (Lipinski definition) is 6. The Labute approximate surface area is 409 Å². The summed E-state index contributed by atoms with van der Waals surface area (Å²) in [5.74, 6) is -0.187. The molecule has 1 saturated heterocycles. The minimum atomic E-state index is -1.57. The van der Waals surface area contributed by atoms with Crippen LogP contribution >= 0.6 is 0 Å². The van der Waals surface area contributed by atoms with Crippen molar-refractivity contribution in [3.8, 4) is 0 Å². The van der Waals surface area contributed by atoms with Crippen LogP contribution in [0.1, 0.15) is 206 Å². The number of carbonyl (C=O) groups is 1. The lowest BCUT2D eigenvalue weighted by Crippen LogP contribution is -2.60. The first-order valence-electron chi connectivity index (χ1n) is 27.0. The molecule has 0 aromatic rings. The molecule has 0 aromatic heterocycles. The van der Waals surface area contributed by atoms with Crippen LogP contribution in [0.3, 0.4) is 0 Å². The summed E-state index contributed by atoms with van der Waals surface area (Å²) in [5.41, 5.74) is 0. The molecule has 0 aromatic carbocycles. The van der Waals surface area contributed by atoms with Crippen molar-refractivity contribution in [1.82, 2.24) is 5.32 Å². The second-order valence-corrected chi connectivity index (χ2v) is 18.3. The SMILES string of the molecule is CC/C=C\C/C=C\C/C=C\C/C=C\C/C=C\C/C=C\C/C=C\CCCCCCCCCCCCCCCCCCCC(=O)NC(COC1OC(CO)C(O)C(O)C1O)C(O)/C=C/CCCCC. The zero-order chi connectivity index (χ0) is 48.7. The van der Waals surface area contributed by atoms with Crippen molar-refractivity contribution in [1.29, 1.82) is 0 Å². The molecular weight excluding hydrogens is 839 g/mol. The van der Waals surface area contributed by atoms with Gasteiger partial charge in [-0.15, -0.1) is 0 Å². The summed E-state index contributed by atoms with van der Waals surface area (Å²) in [6, 6.07) is -0.804. The van der Waals surface area contributed by atoms with Gasteiger partial charge in [0, 0.05) is 6.42 Å². The Hall–Kier alpha value is -2.89. The van der Waals surface area contributed by atoms with Crippen LogP contribution in [0.5, 0.6) is 0 Å². The topological polar surface area (TPSA) is 149 Å². The number of amides is 1. The van der Waals surface area contributed by atoms with E-state index in [1.165, 1.54) is 96.3 Å². The number of aliphatic hydroxyl groups excluding tert-OH is 5. The van der Waals surface area contributed by atoms with Crippen LogP contribution < -0.4 is 5.32 Å². The van der Waals surface area contributed by atoms with Crippen LogP contribution in [0.15, 0.2) is 97.2 Å². The van der Waals surface area contributed by atoms with E-state index in [-0.39, 0.29) is 12.5 Å². The average molecular weight is 938 g/mol. The van der Waals surface area contributed by atoms with Crippen molar-refractivity contribution in [2.75, 3.05) is 13.2 Å². The number of nitrogens with one attached hydrogen (secondary N) is 1. The van der Waals surface area contributed by atoms with Gasteiger partial charge in [0.25, 0.3) is 0 Å². The largest absolute Gasteiger partial charge is 0.394 e. The van der Waals surface area contributed by atoms with E-state index in [1.807, 2.05) is 6.08 Å². The highest BCUT2D eigenvalue weighted by molar-refractivity contribution is 5.76. The summed E-state index contributed by atoms with van der Waals surface area (Å²) >= 11 is 0. The van der Waals surface area contributed by atoms with Crippen LogP contribution in [0.4, 0.5) is 0 Å².